The van der Waals surface area contributed by atoms with E-state index in [4.69, 9.17) is 4.98 Å². The van der Waals surface area contributed by atoms with Gasteiger partial charge in [0.25, 0.3) is 0 Å². The highest BCUT2D eigenvalue weighted by molar-refractivity contribution is 5.71. The molecule has 4 nitrogen and oxygen atoms in total. The lowest BCUT2D eigenvalue weighted by Gasteiger charge is -2.29. The van der Waals surface area contributed by atoms with Crippen molar-refractivity contribution in [3.8, 4) is 11.3 Å². The van der Waals surface area contributed by atoms with Crippen LogP contribution in [0.5, 0.6) is 0 Å². The average molecular weight is 280 g/mol. The standard InChI is InChI=1S/C17H20N4/c1-12-10-13-11-19-17(21-8-6-18-7-9-21)20-16(13)15-5-3-2-4-14(12)15/h2-5,11-12,18H,6-10H2,1H3. The molecule has 1 fully saturated rings. The molecule has 1 aliphatic heterocycles. The van der Waals surface area contributed by atoms with Gasteiger partial charge in [-0.3, -0.25) is 0 Å². The number of piperazine rings is 1. The summed E-state index contributed by atoms with van der Waals surface area (Å²) in [6.07, 6.45) is 3.07. The maximum atomic E-state index is 4.90. The van der Waals surface area contributed by atoms with Crippen LogP contribution in [0.15, 0.2) is 30.5 Å². The van der Waals surface area contributed by atoms with Gasteiger partial charge in [0.1, 0.15) is 0 Å². The predicted molar refractivity (Wildman–Crippen MR) is 84.7 cm³/mol. The molecule has 1 aliphatic carbocycles. The number of benzene rings is 1. The van der Waals surface area contributed by atoms with Crippen LogP contribution in [0.1, 0.15) is 24.0 Å². The van der Waals surface area contributed by atoms with E-state index in [1.165, 1.54) is 16.7 Å². The van der Waals surface area contributed by atoms with Crippen LogP contribution in [0.4, 0.5) is 5.95 Å². The van der Waals surface area contributed by atoms with E-state index in [1.807, 2.05) is 6.20 Å². The second-order valence-corrected chi connectivity index (χ2v) is 5.97. The van der Waals surface area contributed by atoms with Gasteiger partial charge in [-0.25, -0.2) is 9.97 Å². The Balaban J connectivity index is 1.78. The second-order valence-electron chi connectivity index (χ2n) is 5.97. The normalized spacial score (nSPS) is 20.8. The first-order chi connectivity index (χ1) is 10.3. The first-order valence-corrected chi connectivity index (χ1v) is 7.74. The highest BCUT2D eigenvalue weighted by Crippen LogP contribution is 2.38. The minimum absolute atomic E-state index is 0.544. The van der Waals surface area contributed by atoms with E-state index in [0.717, 1.165) is 44.2 Å². The summed E-state index contributed by atoms with van der Waals surface area (Å²) in [4.78, 5) is 11.8. The first kappa shape index (κ1) is 12.8. The summed E-state index contributed by atoms with van der Waals surface area (Å²) in [5.74, 6) is 1.42. The van der Waals surface area contributed by atoms with Crippen LogP contribution in [0.25, 0.3) is 11.3 Å². The molecule has 4 rings (SSSR count). The Bertz CT molecular complexity index is 662. The average Bonchev–Trinajstić information content (AvgIpc) is 2.56. The minimum Gasteiger partial charge on any atom is -0.338 e. The van der Waals surface area contributed by atoms with Crippen LogP contribution in [0.3, 0.4) is 0 Å². The Morgan fingerprint density at radius 2 is 2.00 bits per heavy atom. The van der Waals surface area contributed by atoms with Crippen molar-refractivity contribution >= 4 is 5.95 Å². The smallest absolute Gasteiger partial charge is 0.225 e. The van der Waals surface area contributed by atoms with Crippen molar-refractivity contribution in [3.63, 3.8) is 0 Å². The fourth-order valence-corrected chi connectivity index (χ4v) is 3.38. The molecule has 1 aromatic heterocycles. The third-order valence-electron chi connectivity index (χ3n) is 4.52. The molecule has 2 aromatic rings. The molecule has 4 heteroatoms. The van der Waals surface area contributed by atoms with Crippen LogP contribution >= 0.6 is 0 Å². The highest BCUT2D eigenvalue weighted by Gasteiger charge is 2.24. The van der Waals surface area contributed by atoms with Gasteiger partial charge >= 0.3 is 0 Å². The number of rotatable bonds is 1. The van der Waals surface area contributed by atoms with Crippen molar-refractivity contribution in [3.05, 3.63) is 41.6 Å². The number of fused-ring (bicyclic) bond motifs is 3. The molecule has 0 amide bonds. The molecule has 0 spiro atoms. The van der Waals surface area contributed by atoms with Crippen LogP contribution in [-0.4, -0.2) is 36.1 Å². The summed E-state index contributed by atoms with van der Waals surface area (Å²) in [6.45, 7) is 6.27. The Kier molecular flexibility index (Phi) is 3.11. The molecule has 1 saturated heterocycles. The number of anilines is 1. The number of nitrogens with one attached hydrogen (secondary N) is 1. The second kappa shape index (κ2) is 5.11. The molecule has 2 aliphatic rings. The predicted octanol–water partition coefficient (Wildman–Crippen LogP) is 2.21. The van der Waals surface area contributed by atoms with Gasteiger partial charge in [-0.2, -0.15) is 0 Å². The lowest BCUT2D eigenvalue weighted by atomic mass is 9.83. The molecule has 0 saturated carbocycles. The van der Waals surface area contributed by atoms with Gasteiger partial charge in [-0.15, -0.1) is 0 Å². The molecule has 0 radical (unpaired) electrons. The maximum Gasteiger partial charge on any atom is 0.225 e. The summed E-state index contributed by atoms with van der Waals surface area (Å²) >= 11 is 0. The van der Waals surface area contributed by atoms with Gasteiger partial charge < -0.3 is 10.2 Å². The fraction of sp³-hybridized carbons (Fsp3) is 0.412. The zero-order chi connectivity index (χ0) is 14.2. The van der Waals surface area contributed by atoms with E-state index < -0.39 is 0 Å². The van der Waals surface area contributed by atoms with Crippen molar-refractivity contribution in [2.24, 2.45) is 0 Å². The molecule has 2 heterocycles. The van der Waals surface area contributed by atoms with Crippen LogP contribution in [0.2, 0.25) is 0 Å². The summed E-state index contributed by atoms with van der Waals surface area (Å²) in [5, 5.41) is 3.37. The van der Waals surface area contributed by atoms with Crippen molar-refractivity contribution in [2.45, 2.75) is 19.3 Å². The third kappa shape index (κ3) is 2.20. The Hall–Kier alpha value is -1.94. The van der Waals surface area contributed by atoms with E-state index in [-0.39, 0.29) is 0 Å². The highest BCUT2D eigenvalue weighted by atomic mass is 15.3. The lowest BCUT2D eigenvalue weighted by molar-refractivity contribution is 0.579. The summed E-state index contributed by atoms with van der Waals surface area (Å²) in [5.41, 5.74) is 5.10. The van der Waals surface area contributed by atoms with Crippen LogP contribution in [-0.2, 0) is 6.42 Å². The van der Waals surface area contributed by atoms with E-state index in [9.17, 15) is 0 Å². The van der Waals surface area contributed by atoms with Crippen molar-refractivity contribution in [1.82, 2.24) is 15.3 Å². The quantitative estimate of drug-likeness (QED) is 0.869. The summed E-state index contributed by atoms with van der Waals surface area (Å²) in [7, 11) is 0. The number of hydrogen-bond donors (Lipinski definition) is 1. The lowest BCUT2D eigenvalue weighted by Crippen LogP contribution is -2.44. The summed E-state index contributed by atoms with van der Waals surface area (Å²) in [6, 6.07) is 8.65. The van der Waals surface area contributed by atoms with Gasteiger partial charge in [0.05, 0.1) is 5.69 Å². The Labute approximate surface area is 125 Å². The van der Waals surface area contributed by atoms with E-state index in [2.05, 4.69) is 46.4 Å². The Morgan fingerprint density at radius 1 is 1.19 bits per heavy atom. The zero-order valence-electron chi connectivity index (χ0n) is 12.3. The van der Waals surface area contributed by atoms with E-state index in [1.54, 1.807) is 0 Å². The fourth-order valence-electron chi connectivity index (χ4n) is 3.38. The molecule has 1 aromatic carbocycles. The molecular formula is C17H20N4. The van der Waals surface area contributed by atoms with Crippen molar-refractivity contribution in [2.75, 3.05) is 31.1 Å². The zero-order valence-corrected chi connectivity index (χ0v) is 12.3. The number of nitrogens with zero attached hydrogens (tertiary/aromatic N) is 3. The van der Waals surface area contributed by atoms with Crippen LogP contribution < -0.4 is 10.2 Å². The monoisotopic (exact) mass is 280 g/mol. The van der Waals surface area contributed by atoms with Gasteiger partial charge in [0.2, 0.25) is 5.95 Å². The Morgan fingerprint density at radius 3 is 2.86 bits per heavy atom. The first-order valence-electron chi connectivity index (χ1n) is 7.74. The van der Waals surface area contributed by atoms with Gasteiger partial charge in [0, 0.05) is 37.9 Å². The van der Waals surface area contributed by atoms with Gasteiger partial charge in [-0.1, -0.05) is 31.2 Å². The van der Waals surface area contributed by atoms with Crippen molar-refractivity contribution < 1.29 is 0 Å². The maximum absolute atomic E-state index is 4.90. The molecule has 1 N–H and O–H groups in total. The molecule has 1 atom stereocenters. The molecule has 21 heavy (non-hydrogen) atoms. The molecule has 108 valence electrons. The van der Waals surface area contributed by atoms with Gasteiger partial charge in [0.15, 0.2) is 0 Å². The molecule has 0 bridgehead atoms. The van der Waals surface area contributed by atoms with Crippen LogP contribution in [0, 0.1) is 0 Å². The third-order valence-corrected chi connectivity index (χ3v) is 4.52. The SMILES string of the molecule is CC1Cc2cnc(N3CCNCC3)nc2-c2ccccc21. The molecular weight excluding hydrogens is 260 g/mol. The summed E-state index contributed by atoms with van der Waals surface area (Å²) < 4.78 is 0. The van der Waals surface area contributed by atoms with Crippen molar-refractivity contribution in [1.29, 1.82) is 0 Å². The molecule has 1 unspecified atom stereocenters. The number of hydrogen-bond acceptors (Lipinski definition) is 4. The topological polar surface area (TPSA) is 41.1 Å². The van der Waals surface area contributed by atoms with Gasteiger partial charge in [-0.05, 0) is 23.5 Å². The largest absolute Gasteiger partial charge is 0.338 e. The van der Waals surface area contributed by atoms with E-state index >= 15 is 0 Å². The van der Waals surface area contributed by atoms with E-state index in [0.29, 0.717) is 5.92 Å². The number of aromatic nitrogens is 2. The minimum atomic E-state index is 0.544.